The zero-order chi connectivity index (χ0) is 14.8. The van der Waals surface area contributed by atoms with Crippen LogP contribution >= 0.6 is 23.4 Å². The number of phenols is 1. The van der Waals surface area contributed by atoms with Gasteiger partial charge in [-0.25, -0.2) is 0 Å². The lowest BCUT2D eigenvalue weighted by Crippen LogP contribution is -2.18. The molecule has 0 unspecified atom stereocenters. The molecule has 0 aromatic heterocycles. The summed E-state index contributed by atoms with van der Waals surface area (Å²) in [4.78, 5) is 13.4. The summed E-state index contributed by atoms with van der Waals surface area (Å²) in [6.07, 6.45) is 1.57. The fraction of sp³-hybridized carbons (Fsp3) is 0. The fourth-order valence-electron chi connectivity index (χ4n) is 1.87. The number of rotatable bonds is 2. The Bertz CT molecular complexity index is 746. The van der Waals surface area contributed by atoms with Crippen LogP contribution in [0.4, 0.5) is 11.4 Å². The van der Waals surface area contributed by atoms with Gasteiger partial charge in [0.2, 0.25) is 0 Å². The van der Waals surface area contributed by atoms with Gasteiger partial charge in [0.05, 0.1) is 16.3 Å². The summed E-state index contributed by atoms with van der Waals surface area (Å²) >= 11 is 7.29. The first kappa shape index (κ1) is 13.9. The number of hydrogen-bond acceptors (Lipinski definition) is 4. The number of para-hydroxylation sites is 2. The van der Waals surface area contributed by atoms with Crippen molar-refractivity contribution in [2.75, 3.05) is 10.6 Å². The molecule has 0 saturated carbocycles. The first-order valence-electron chi connectivity index (χ1n) is 6.17. The zero-order valence-corrected chi connectivity index (χ0v) is 12.3. The smallest absolute Gasteiger partial charge is 0.263 e. The Morgan fingerprint density at radius 2 is 2.05 bits per heavy atom. The van der Waals surface area contributed by atoms with Gasteiger partial charge in [0.1, 0.15) is 5.75 Å². The summed E-state index contributed by atoms with van der Waals surface area (Å²) in [5, 5.41) is 16.0. The molecule has 0 fully saturated rings. The lowest BCUT2D eigenvalue weighted by molar-refractivity contribution is -0.112. The molecule has 1 aliphatic rings. The number of thioether (sulfide) groups is 1. The van der Waals surface area contributed by atoms with Crippen LogP contribution < -0.4 is 10.6 Å². The van der Waals surface area contributed by atoms with Gasteiger partial charge in [0.25, 0.3) is 5.91 Å². The Hall–Kier alpha value is -2.11. The van der Waals surface area contributed by atoms with Gasteiger partial charge in [-0.3, -0.25) is 4.79 Å². The van der Waals surface area contributed by atoms with E-state index in [0.29, 0.717) is 15.6 Å². The Balaban J connectivity index is 1.85. The predicted octanol–water partition coefficient (Wildman–Crippen LogP) is 4.04. The summed E-state index contributed by atoms with van der Waals surface area (Å²) in [6, 6.07) is 12.1. The van der Waals surface area contributed by atoms with Crippen molar-refractivity contribution in [2.24, 2.45) is 0 Å². The van der Waals surface area contributed by atoms with Crippen molar-refractivity contribution in [2.45, 2.75) is 4.90 Å². The number of nitrogens with one attached hydrogen (secondary N) is 2. The third kappa shape index (κ3) is 2.99. The number of benzene rings is 2. The van der Waals surface area contributed by atoms with E-state index in [1.54, 1.807) is 48.7 Å². The Labute approximate surface area is 130 Å². The topological polar surface area (TPSA) is 61.4 Å². The lowest BCUT2D eigenvalue weighted by atomic mass is 10.3. The lowest BCUT2D eigenvalue weighted by Gasteiger charge is -2.18. The highest BCUT2D eigenvalue weighted by atomic mass is 35.5. The highest BCUT2D eigenvalue weighted by molar-refractivity contribution is 8.04. The number of halogens is 1. The first-order valence-corrected chi connectivity index (χ1v) is 7.36. The maximum Gasteiger partial charge on any atom is 0.263 e. The molecular formula is C15H11ClN2O2S. The third-order valence-corrected chi connectivity index (χ3v) is 4.21. The molecule has 0 bridgehead atoms. The van der Waals surface area contributed by atoms with Crippen LogP contribution in [0.25, 0.3) is 0 Å². The molecule has 3 rings (SSSR count). The molecule has 3 N–H and O–H groups in total. The maximum absolute atomic E-state index is 12.0. The van der Waals surface area contributed by atoms with E-state index in [0.717, 1.165) is 10.6 Å². The SMILES string of the molecule is O=C1Nc2ccc(Cl)cc2S/C1=C/Nc1ccccc1O. The average molecular weight is 319 g/mol. The number of anilines is 2. The van der Waals surface area contributed by atoms with Gasteiger partial charge < -0.3 is 15.7 Å². The standard InChI is InChI=1S/C15H11ClN2O2S/c16-9-5-6-11-13(7-9)21-14(15(20)18-11)8-17-10-3-1-2-4-12(10)19/h1-8,17,19H,(H,18,20)/b14-8+. The summed E-state index contributed by atoms with van der Waals surface area (Å²) in [5.74, 6) is -0.0724. The first-order chi connectivity index (χ1) is 10.1. The molecule has 1 amide bonds. The molecule has 0 spiro atoms. The Morgan fingerprint density at radius 3 is 2.86 bits per heavy atom. The van der Waals surface area contributed by atoms with E-state index in [1.165, 1.54) is 11.8 Å². The second-order valence-electron chi connectivity index (χ2n) is 4.37. The van der Waals surface area contributed by atoms with Crippen LogP contribution in [0.2, 0.25) is 5.02 Å². The molecule has 6 heteroatoms. The molecule has 0 atom stereocenters. The molecule has 4 nitrogen and oxygen atoms in total. The van der Waals surface area contributed by atoms with E-state index in [1.807, 2.05) is 0 Å². The Kier molecular flexibility index (Phi) is 3.77. The maximum atomic E-state index is 12.0. The van der Waals surface area contributed by atoms with E-state index in [-0.39, 0.29) is 11.7 Å². The number of hydrogen-bond donors (Lipinski definition) is 3. The minimum atomic E-state index is -0.197. The largest absolute Gasteiger partial charge is 0.506 e. The van der Waals surface area contributed by atoms with E-state index >= 15 is 0 Å². The van der Waals surface area contributed by atoms with Crippen LogP contribution in [-0.2, 0) is 4.79 Å². The van der Waals surface area contributed by atoms with Crippen molar-refractivity contribution in [3.05, 3.63) is 58.6 Å². The van der Waals surface area contributed by atoms with Gasteiger partial charge in [0, 0.05) is 16.1 Å². The van der Waals surface area contributed by atoms with Crippen LogP contribution in [0.5, 0.6) is 5.75 Å². The van der Waals surface area contributed by atoms with E-state index < -0.39 is 0 Å². The van der Waals surface area contributed by atoms with Crippen LogP contribution in [0.1, 0.15) is 0 Å². The normalized spacial score (nSPS) is 15.5. The van der Waals surface area contributed by atoms with Crippen molar-refractivity contribution in [3.63, 3.8) is 0 Å². The molecule has 1 aliphatic heterocycles. The fourth-order valence-corrected chi connectivity index (χ4v) is 3.02. The monoisotopic (exact) mass is 318 g/mol. The zero-order valence-electron chi connectivity index (χ0n) is 10.8. The second-order valence-corrected chi connectivity index (χ2v) is 5.89. The van der Waals surface area contributed by atoms with E-state index in [9.17, 15) is 9.90 Å². The highest BCUT2D eigenvalue weighted by Gasteiger charge is 2.21. The van der Waals surface area contributed by atoms with Gasteiger partial charge >= 0.3 is 0 Å². The second kappa shape index (κ2) is 5.71. The molecular weight excluding hydrogens is 308 g/mol. The molecule has 0 saturated heterocycles. The number of aromatic hydroxyl groups is 1. The minimum Gasteiger partial charge on any atom is -0.506 e. The molecule has 1 heterocycles. The van der Waals surface area contributed by atoms with Crippen molar-refractivity contribution < 1.29 is 9.90 Å². The van der Waals surface area contributed by atoms with Gasteiger partial charge in [0.15, 0.2) is 0 Å². The minimum absolute atomic E-state index is 0.124. The number of carbonyl (C=O) groups is 1. The van der Waals surface area contributed by atoms with Crippen molar-refractivity contribution in [1.29, 1.82) is 0 Å². The predicted molar refractivity (Wildman–Crippen MR) is 85.8 cm³/mol. The van der Waals surface area contributed by atoms with Crippen LogP contribution in [0, 0.1) is 0 Å². The summed E-state index contributed by atoms with van der Waals surface area (Å²) < 4.78 is 0. The quantitative estimate of drug-likeness (QED) is 0.577. The number of fused-ring (bicyclic) bond motifs is 1. The molecule has 2 aromatic rings. The molecule has 106 valence electrons. The molecule has 0 aliphatic carbocycles. The summed E-state index contributed by atoms with van der Waals surface area (Å²) in [5.41, 5.74) is 1.28. The van der Waals surface area contributed by atoms with Crippen LogP contribution in [0.15, 0.2) is 58.5 Å². The average Bonchev–Trinajstić information content (AvgIpc) is 2.47. The summed E-state index contributed by atoms with van der Waals surface area (Å²) in [7, 11) is 0. The van der Waals surface area contributed by atoms with Crippen LogP contribution in [0.3, 0.4) is 0 Å². The van der Waals surface area contributed by atoms with Crippen molar-refractivity contribution in [1.82, 2.24) is 0 Å². The number of amides is 1. The highest BCUT2D eigenvalue weighted by Crippen LogP contribution is 2.39. The molecule has 0 radical (unpaired) electrons. The van der Waals surface area contributed by atoms with E-state index in [4.69, 9.17) is 11.6 Å². The molecule has 2 aromatic carbocycles. The van der Waals surface area contributed by atoms with Crippen LogP contribution in [-0.4, -0.2) is 11.0 Å². The molecule has 21 heavy (non-hydrogen) atoms. The number of carbonyl (C=O) groups excluding carboxylic acids is 1. The van der Waals surface area contributed by atoms with Gasteiger partial charge in [-0.05, 0) is 30.3 Å². The van der Waals surface area contributed by atoms with Gasteiger partial charge in [-0.2, -0.15) is 0 Å². The number of phenolic OH excluding ortho intramolecular Hbond substituents is 1. The van der Waals surface area contributed by atoms with E-state index in [2.05, 4.69) is 10.6 Å². The Morgan fingerprint density at radius 1 is 1.24 bits per heavy atom. The van der Waals surface area contributed by atoms with Gasteiger partial charge in [-0.15, -0.1) is 0 Å². The van der Waals surface area contributed by atoms with Gasteiger partial charge in [-0.1, -0.05) is 35.5 Å². The van der Waals surface area contributed by atoms with Crippen molar-refractivity contribution >= 4 is 40.6 Å². The third-order valence-electron chi connectivity index (χ3n) is 2.90. The summed E-state index contributed by atoms with van der Waals surface area (Å²) in [6.45, 7) is 0. The van der Waals surface area contributed by atoms with Crippen molar-refractivity contribution in [3.8, 4) is 5.75 Å².